The molecule has 1 aromatic rings. The van der Waals surface area contributed by atoms with Crippen LogP contribution in [0.3, 0.4) is 0 Å². The van der Waals surface area contributed by atoms with E-state index in [1.54, 1.807) is 7.11 Å². The van der Waals surface area contributed by atoms with Gasteiger partial charge in [-0.25, -0.2) is 0 Å². The zero-order valence-electron chi connectivity index (χ0n) is 11.9. The van der Waals surface area contributed by atoms with Crippen molar-refractivity contribution in [2.45, 2.75) is 30.7 Å². The number of benzene rings is 1. The Morgan fingerprint density at radius 3 is 3.00 bits per heavy atom. The molecule has 19 heavy (non-hydrogen) atoms. The van der Waals surface area contributed by atoms with Gasteiger partial charge >= 0.3 is 0 Å². The van der Waals surface area contributed by atoms with Gasteiger partial charge in [-0.2, -0.15) is 11.8 Å². The van der Waals surface area contributed by atoms with Crippen molar-refractivity contribution < 1.29 is 9.47 Å². The third-order valence-corrected chi connectivity index (χ3v) is 5.20. The first-order valence-corrected chi connectivity index (χ1v) is 7.84. The molecule has 1 aromatic carbocycles. The number of methoxy groups -OCH3 is 1. The summed E-state index contributed by atoms with van der Waals surface area (Å²) in [5, 5.41) is 4.02. The van der Waals surface area contributed by atoms with Crippen LogP contribution in [0.4, 0.5) is 0 Å². The fraction of sp³-hybridized carbons (Fsp3) is 0.600. The highest BCUT2D eigenvalue weighted by Crippen LogP contribution is 2.30. The van der Waals surface area contributed by atoms with Crippen LogP contribution in [0.5, 0.6) is 5.75 Å². The number of hydrogen-bond acceptors (Lipinski definition) is 4. The average molecular weight is 281 g/mol. The molecule has 0 aromatic heterocycles. The van der Waals surface area contributed by atoms with E-state index in [1.807, 2.05) is 30.9 Å². The van der Waals surface area contributed by atoms with Gasteiger partial charge in [-0.3, -0.25) is 0 Å². The van der Waals surface area contributed by atoms with Crippen LogP contribution in [0.25, 0.3) is 0 Å². The molecule has 2 rings (SSSR count). The van der Waals surface area contributed by atoms with E-state index in [0.29, 0.717) is 17.4 Å². The lowest BCUT2D eigenvalue weighted by Gasteiger charge is -2.20. The number of rotatable bonds is 6. The third-order valence-electron chi connectivity index (χ3n) is 3.63. The molecule has 1 aliphatic rings. The zero-order chi connectivity index (χ0) is 13.7. The molecule has 3 unspecified atom stereocenters. The van der Waals surface area contributed by atoms with E-state index in [0.717, 1.165) is 18.1 Å². The minimum absolute atomic E-state index is 0.355. The van der Waals surface area contributed by atoms with Crippen molar-refractivity contribution >= 4 is 11.8 Å². The van der Waals surface area contributed by atoms with Gasteiger partial charge < -0.3 is 14.8 Å². The van der Waals surface area contributed by atoms with Crippen molar-refractivity contribution in [2.24, 2.45) is 0 Å². The van der Waals surface area contributed by atoms with Gasteiger partial charge in [-0.15, -0.1) is 0 Å². The molecule has 1 saturated heterocycles. The summed E-state index contributed by atoms with van der Waals surface area (Å²) in [5.41, 5.74) is 1.28. The van der Waals surface area contributed by atoms with Crippen molar-refractivity contribution in [1.29, 1.82) is 0 Å². The highest BCUT2D eigenvalue weighted by Gasteiger charge is 2.25. The fourth-order valence-electron chi connectivity index (χ4n) is 2.36. The highest BCUT2D eigenvalue weighted by molar-refractivity contribution is 8.00. The Labute approximate surface area is 120 Å². The summed E-state index contributed by atoms with van der Waals surface area (Å²) in [5.74, 6) is 1.97. The molecule has 0 aliphatic carbocycles. The number of ether oxygens (including phenoxy) is 2. The summed E-state index contributed by atoms with van der Waals surface area (Å²) in [7, 11) is 3.72. The summed E-state index contributed by atoms with van der Waals surface area (Å²) in [4.78, 5) is 0. The van der Waals surface area contributed by atoms with Crippen LogP contribution >= 0.6 is 11.8 Å². The lowest BCUT2D eigenvalue weighted by molar-refractivity contribution is 0.127. The van der Waals surface area contributed by atoms with E-state index in [4.69, 9.17) is 9.47 Å². The molecule has 0 bridgehead atoms. The Bertz CT molecular complexity index is 399. The van der Waals surface area contributed by atoms with E-state index in [9.17, 15) is 0 Å². The number of hydrogen-bond donors (Lipinski definition) is 1. The second-order valence-corrected chi connectivity index (χ2v) is 6.13. The summed E-state index contributed by atoms with van der Waals surface area (Å²) < 4.78 is 10.9. The van der Waals surface area contributed by atoms with Crippen molar-refractivity contribution in [1.82, 2.24) is 5.32 Å². The second-order valence-electron chi connectivity index (χ2n) is 4.85. The maximum Gasteiger partial charge on any atom is 0.119 e. The summed E-state index contributed by atoms with van der Waals surface area (Å²) >= 11 is 2.00. The van der Waals surface area contributed by atoms with Gasteiger partial charge in [-0.05, 0) is 38.1 Å². The van der Waals surface area contributed by atoms with Gasteiger partial charge in [0.25, 0.3) is 0 Å². The van der Waals surface area contributed by atoms with Crippen LogP contribution in [-0.4, -0.2) is 37.9 Å². The number of thioether (sulfide) groups is 1. The second kappa shape index (κ2) is 7.17. The molecule has 0 spiro atoms. The molecule has 0 saturated carbocycles. The molecular formula is C15H23NO2S. The summed E-state index contributed by atoms with van der Waals surface area (Å²) in [6.45, 7) is 3.08. The van der Waals surface area contributed by atoms with E-state index < -0.39 is 0 Å². The highest BCUT2D eigenvalue weighted by atomic mass is 32.2. The van der Waals surface area contributed by atoms with Crippen LogP contribution in [0.1, 0.15) is 24.9 Å². The van der Waals surface area contributed by atoms with Crippen molar-refractivity contribution in [3.05, 3.63) is 29.8 Å². The van der Waals surface area contributed by atoms with E-state index in [-0.39, 0.29) is 0 Å². The Balaban J connectivity index is 1.95. The molecule has 1 aliphatic heterocycles. The molecule has 106 valence electrons. The molecule has 1 heterocycles. The monoisotopic (exact) mass is 281 g/mol. The van der Waals surface area contributed by atoms with Gasteiger partial charge in [0.15, 0.2) is 0 Å². The average Bonchev–Trinajstić information content (AvgIpc) is 2.85. The molecule has 3 atom stereocenters. The van der Waals surface area contributed by atoms with Gasteiger partial charge in [0.1, 0.15) is 5.75 Å². The molecule has 0 amide bonds. The van der Waals surface area contributed by atoms with Gasteiger partial charge in [0.05, 0.1) is 13.2 Å². The topological polar surface area (TPSA) is 30.5 Å². The maximum atomic E-state index is 5.61. The first kappa shape index (κ1) is 14.7. The Morgan fingerprint density at radius 1 is 1.53 bits per heavy atom. The molecular weight excluding hydrogens is 258 g/mol. The van der Waals surface area contributed by atoms with Gasteiger partial charge in [0, 0.05) is 23.7 Å². The quantitative estimate of drug-likeness (QED) is 0.868. The van der Waals surface area contributed by atoms with Gasteiger partial charge in [0.2, 0.25) is 0 Å². The Kier molecular flexibility index (Phi) is 5.55. The molecule has 1 fully saturated rings. The van der Waals surface area contributed by atoms with Crippen molar-refractivity contribution in [3.63, 3.8) is 0 Å². The Morgan fingerprint density at radius 2 is 2.37 bits per heavy atom. The normalized spacial score (nSPS) is 24.4. The van der Waals surface area contributed by atoms with Crippen LogP contribution in [0, 0.1) is 0 Å². The minimum atomic E-state index is 0.355. The maximum absolute atomic E-state index is 5.61. The van der Waals surface area contributed by atoms with E-state index in [2.05, 4.69) is 24.4 Å². The molecule has 4 heteroatoms. The number of nitrogens with one attached hydrogen (secondary N) is 1. The minimum Gasteiger partial charge on any atom is -0.497 e. The standard InChI is InChI=1S/C15H23NO2S/c1-11-15(7-8-18-11)19-10-14(16-2)12-5-4-6-13(9-12)17-3/h4-6,9,11,14-16H,7-8,10H2,1-3H3. The largest absolute Gasteiger partial charge is 0.497 e. The van der Waals surface area contributed by atoms with Crippen LogP contribution < -0.4 is 10.1 Å². The van der Waals surface area contributed by atoms with Crippen LogP contribution in [0.2, 0.25) is 0 Å². The van der Waals surface area contributed by atoms with Crippen molar-refractivity contribution in [3.8, 4) is 5.75 Å². The zero-order valence-corrected chi connectivity index (χ0v) is 12.7. The molecule has 3 nitrogen and oxygen atoms in total. The van der Waals surface area contributed by atoms with Gasteiger partial charge in [-0.1, -0.05) is 12.1 Å². The molecule has 0 radical (unpaired) electrons. The summed E-state index contributed by atoms with van der Waals surface area (Å²) in [6.07, 6.45) is 1.55. The predicted octanol–water partition coefficient (Wildman–Crippen LogP) is 2.87. The first-order chi connectivity index (χ1) is 9.24. The lowest BCUT2D eigenvalue weighted by Crippen LogP contribution is -2.22. The van der Waals surface area contributed by atoms with E-state index >= 15 is 0 Å². The van der Waals surface area contributed by atoms with E-state index in [1.165, 1.54) is 12.0 Å². The predicted molar refractivity (Wildman–Crippen MR) is 81.1 cm³/mol. The fourth-order valence-corrected chi connectivity index (χ4v) is 3.77. The molecule has 1 N–H and O–H groups in total. The van der Waals surface area contributed by atoms with Crippen LogP contribution in [0.15, 0.2) is 24.3 Å². The Hall–Kier alpha value is -0.710. The van der Waals surface area contributed by atoms with Crippen LogP contribution in [-0.2, 0) is 4.74 Å². The SMILES string of the molecule is CNC(CSC1CCOC1C)c1cccc(OC)c1. The smallest absolute Gasteiger partial charge is 0.119 e. The first-order valence-electron chi connectivity index (χ1n) is 6.79. The third kappa shape index (κ3) is 3.88. The van der Waals surface area contributed by atoms with Crippen molar-refractivity contribution in [2.75, 3.05) is 26.5 Å². The lowest BCUT2D eigenvalue weighted by atomic mass is 10.1. The summed E-state index contributed by atoms with van der Waals surface area (Å²) in [6, 6.07) is 8.64.